The first-order chi connectivity index (χ1) is 8.18. The van der Waals surface area contributed by atoms with Crippen LogP contribution >= 0.6 is 0 Å². The van der Waals surface area contributed by atoms with E-state index >= 15 is 0 Å². The van der Waals surface area contributed by atoms with E-state index in [2.05, 4.69) is 9.71 Å². The molecule has 6 heteroatoms. The third-order valence-corrected chi connectivity index (χ3v) is 3.69. The van der Waals surface area contributed by atoms with Crippen LogP contribution in [0.2, 0.25) is 0 Å². The van der Waals surface area contributed by atoms with E-state index in [4.69, 9.17) is 4.42 Å². The van der Waals surface area contributed by atoms with Crippen molar-refractivity contribution in [3.05, 3.63) is 48.7 Å². The van der Waals surface area contributed by atoms with Gasteiger partial charge in [-0.2, -0.15) is 0 Å². The number of hydrogen-bond donors (Lipinski definition) is 1. The van der Waals surface area contributed by atoms with Crippen LogP contribution in [0.4, 0.5) is 0 Å². The van der Waals surface area contributed by atoms with Crippen molar-refractivity contribution in [3.63, 3.8) is 0 Å². The predicted octanol–water partition coefficient (Wildman–Crippen LogP) is 1.20. The van der Waals surface area contributed by atoms with Crippen molar-refractivity contribution >= 4 is 10.0 Å². The highest BCUT2D eigenvalue weighted by molar-refractivity contribution is 7.89. The molecular weight excluding hydrogens is 240 g/mol. The van der Waals surface area contributed by atoms with Crippen LogP contribution in [0.5, 0.6) is 0 Å². The van der Waals surface area contributed by atoms with Gasteiger partial charge < -0.3 is 4.42 Å². The minimum atomic E-state index is -3.42. The zero-order chi connectivity index (χ0) is 12.1. The van der Waals surface area contributed by atoms with Crippen molar-refractivity contribution in [2.24, 2.45) is 0 Å². The quantitative estimate of drug-likeness (QED) is 0.867. The van der Waals surface area contributed by atoms with Gasteiger partial charge in [0.1, 0.15) is 6.26 Å². The van der Waals surface area contributed by atoms with Crippen LogP contribution in [-0.2, 0) is 16.4 Å². The molecule has 0 atom stereocenters. The lowest BCUT2D eigenvalue weighted by Gasteiger charge is -2.05. The van der Waals surface area contributed by atoms with E-state index < -0.39 is 10.0 Å². The molecule has 90 valence electrons. The SMILES string of the molecule is O=S(=O)(NCCc1cocn1)c1ccccc1. The van der Waals surface area contributed by atoms with Crippen molar-refractivity contribution in [1.29, 1.82) is 0 Å². The first kappa shape index (κ1) is 11.8. The molecule has 1 aromatic carbocycles. The summed E-state index contributed by atoms with van der Waals surface area (Å²) in [6.07, 6.45) is 3.32. The van der Waals surface area contributed by atoms with E-state index in [9.17, 15) is 8.42 Å². The second-order valence-corrected chi connectivity index (χ2v) is 5.21. The Labute approximate surface area is 99.5 Å². The van der Waals surface area contributed by atoms with Crippen LogP contribution in [0.15, 0.2) is 52.3 Å². The summed E-state index contributed by atoms with van der Waals surface area (Å²) in [4.78, 5) is 4.17. The summed E-state index contributed by atoms with van der Waals surface area (Å²) in [5.41, 5.74) is 0.723. The van der Waals surface area contributed by atoms with Gasteiger partial charge in [-0.05, 0) is 12.1 Å². The third kappa shape index (κ3) is 3.15. The zero-order valence-electron chi connectivity index (χ0n) is 9.04. The molecule has 2 aromatic rings. The molecule has 2 rings (SSSR count). The monoisotopic (exact) mass is 252 g/mol. The van der Waals surface area contributed by atoms with E-state index in [1.807, 2.05) is 0 Å². The lowest BCUT2D eigenvalue weighted by molar-refractivity contribution is 0.555. The predicted molar refractivity (Wildman–Crippen MR) is 61.8 cm³/mol. The highest BCUT2D eigenvalue weighted by Gasteiger charge is 2.12. The summed E-state index contributed by atoms with van der Waals surface area (Å²) in [5.74, 6) is 0. The molecule has 0 saturated heterocycles. The maximum Gasteiger partial charge on any atom is 0.240 e. The third-order valence-electron chi connectivity index (χ3n) is 2.21. The number of nitrogens with zero attached hydrogens (tertiary/aromatic N) is 1. The number of aromatic nitrogens is 1. The minimum Gasteiger partial charge on any atom is -0.451 e. The number of benzene rings is 1. The second kappa shape index (κ2) is 5.11. The second-order valence-electron chi connectivity index (χ2n) is 3.44. The number of oxazole rings is 1. The summed E-state index contributed by atoms with van der Waals surface area (Å²) in [6.45, 7) is 0.295. The number of rotatable bonds is 5. The highest BCUT2D eigenvalue weighted by atomic mass is 32.2. The highest BCUT2D eigenvalue weighted by Crippen LogP contribution is 2.06. The molecule has 0 saturated carbocycles. The Kier molecular flexibility index (Phi) is 3.55. The molecule has 17 heavy (non-hydrogen) atoms. The Bertz CT molecular complexity index is 550. The Morgan fingerprint density at radius 3 is 2.65 bits per heavy atom. The van der Waals surface area contributed by atoms with Crippen LogP contribution in [0.3, 0.4) is 0 Å². The van der Waals surface area contributed by atoms with E-state index in [1.54, 1.807) is 30.3 Å². The summed E-state index contributed by atoms with van der Waals surface area (Å²) in [6, 6.07) is 8.25. The largest absolute Gasteiger partial charge is 0.451 e. The summed E-state index contributed by atoms with van der Waals surface area (Å²) in [7, 11) is -3.42. The van der Waals surface area contributed by atoms with Gasteiger partial charge in [-0.15, -0.1) is 0 Å². The fraction of sp³-hybridized carbons (Fsp3) is 0.182. The van der Waals surface area contributed by atoms with Gasteiger partial charge in [-0.3, -0.25) is 0 Å². The van der Waals surface area contributed by atoms with Gasteiger partial charge >= 0.3 is 0 Å². The number of sulfonamides is 1. The Morgan fingerprint density at radius 1 is 1.24 bits per heavy atom. The molecule has 0 radical (unpaired) electrons. The van der Waals surface area contributed by atoms with Crippen LogP contribution in [0, 0.1) is 0 Å². The molecule has 5 nitrogen and oxygen atoms in total. The van der Waals surface area contributed by atoms with Crippen molar-refractivity contribution in [1.82, 2.24) is 9.71 Å². The maximum absolute atomic E-state index is 11.8. The van der Waals surface area contributed by atoms with Crippen LogP contribution in [0.1, 0.15) is 5.69 Å². The van der Waals surface area contributed by atoms with Gasteiger partial charge in [-0.1, -0.05) is 18.2 Å². The molecular formula is C11H12N2O3S. The summed E-state index contributed by atoms with van der Waals surface area (Å²) in [5, 5.41) is 0. The van der Waals surface area contributed by atoms with Gasteiger partial charge in [0.25, 0.3) is 0 Å². The molecule has 0 unspecified atom stereocenters. The van der Waals surface area contributed by atoms with E-state index in [-0.39, 0.29) is 4.90 Å². The average molecular weight is 252 g/mol. The average Bonchev–Trinajstić information content (AvgIpc) is 2.83. The van der Waals surface area contributed by atoms with E-state index in [0.717, 1.165) is 5.69 Å². The Balaban J connectivity index is 1.95. The van der Waals surface area contributed by atoms with Crippen molar-refractivity contribution in [2.75, 3.05) is 6.54 Å². The standard InChI is InChI=1S/C11H12N2O3S/c14-17(15,11-4-2-1-3-5-11)13-7-6-10-8-16-9-12-10/h1-5,8-9,13H,6-7H2. The molecule has 1 N–H and O–H groups in total. The lowest BCUT2D eigenvalue weighted by Crippen LogP contribution is -2.25. The normalized spacial score (nSPS) is 11.5. The van der Waals surface area contributed by atoms with Gasteiger partial charge in [0.2, 0.25) is 10.0 Å². The van der Waals surface area contributed by atoms with Crippen molar-refractivity contribution in [2.45, 2.75) is 11.3 Å². The lowest BCUT2D eigenvalue weighted by atomic mass is 10.3. The van der Waals surface area contributed by atoms with Crippen LogP contribution in [0.25, 0.3) is 0 Å². The first-order valence-electron chi connectivity index (χ1n) is 5.10. The van der Waals surface area contributed by atoms with Crippen molar-refractivity contribution in [3.8, 4) is 0 Å². The van der Waals surface area contributed by atoms with Crippen LogP contribution < -0.4 is 4.72 Å². The molecule has 1 heterocycles. The molecule has 0 fully saturated rings. The zero-order valence-corrected chi connectivity index (χ0v) is 9.85. The number of nitrogens with one attached hydrogen (secondary N) is 1. The van der Waals surface area contributed by atoms with Gasteiger partial charge in [0.05, 0.1) is 10.6 Å². The van der Waals surface area contributed by atoms with Crippen LogP contribution in [-0.4, -0.2) is 19.9 Å². The van der Waals surface area contributed by atoms with Gasteiger partial charge in [0.15, 0.2) is 6.39 Å². The molecule has 0 spiro atoms. The minimum absolute atomic E-state index is 0.264. The molecule has 0 aliphatic rings. The fourth-order valence-corrected chi connectivity index (χ4v) is 2.41. The number of hydrogen-bond acceptors (Lipinski definition) is 4. The Hall–Kier alpha value is -1.66. The summed E-state index contributed by atoms with van der Waals surface area (Å²) >= 11 is 0. The maximum atomic E-state index is 11.8. The summed E-state index contributed by atoms with van der Waals surface area (Å²) < 4.78 is 30.9. The van der Waals surface area contributed by atoms with Gasteiger partial charge in [-0.25, -0.2) is 18.1 Å². The van der Waals surface area contributed by atoms with Crippen molar-refractivity contribution < 1.29 is 12.8 Å². The van der Waals surface area contributed by atoms with E-state index in [1.165, 1.54) is 12.7 Å². The molecule has 0 aliphatic carbocycles. The fourth-order valence-electron chi connectivity index (χ4n) is 1.36. The molecule has 0 amide bonds. The smallest absolute Gasteiger partial charge is 0.240 e. The Morgan fingerprint density at radius 2 is 2.00 bits per heavy atom. The van der Waals surface area contributed by atoms with Gasteiger partial charge in [0, 0.05) is 13.0 Å². The molecule has 0 bridgehead atoms. The van der Waals surface area contributed by atoms with E-state index in [0.29, 0.717) is 13.0 Å². The molecule has 0 aliphatic heterocycles. The topological polar surface area (TPSA) is 72.2 Å². The molecule has 1 aromatic heterocycles. The first-order valence-corrected chi connectivity index (χ1v) is 6.58.